The molecule has 0 bridgehead atoms. The van der Waals surface area contributed by atoms with Gasteiger partial charge in [0, 0.05) is 6.42 Å². The molecule has 3 aliphatic rings. The minimum atomic E-state index is 0.722. The Morgan fingerprint density at radius 1 is 0.727 bits per heavy atom. The third-order valence-corrected chi connectivity index (χ3v) is 7.45. The lowest BCUT2D eigenvalue weighted by molar-refractivity contribution is -0.109. The quantitative estimate of drug-likeness (QED) is 0.568. The van der Waals surface area contributed by atoms with Gasteiger partial charge < -0.3 is 4.79 Å². The lowest BCUT2D eigenvalue weighted by atomic mass is 9.60. The molecule has 0 heterocycles. The van der Waals surface area contributed by atoms with Crippen LogP contribution in [-0.2, 0) is 4.79 Å². The van der Waals surface area contributed by atoms with Gasteiger partial charge in [-0.3, -0.25) is 0 Å². The minimum absolute atomic E-state index is 0.722. The van der Waals surface area contributed by atoms with Crippen LogP contribution in [0.1, 0.15) is 90.4 Å². The number of aldehydes is 1. The summed E-state index contributed by atoms with van der Waals surface area (Å²) < 4.78 is 0. The van der Waals surface area contributed by atoms with Crippen LogP contribution in [0.2, 0.25) is 0 Å². The van der Waals surface area contributed by atoms with Gasteiger partial charge in [-0.05, 0) is 86.9 Å². The minimum Gasteiger partial charge on any atom is -0.303 e. The van der Waals surface area contributed by atoms with Crippen molar-refractivity contribution in [3.8, 4) is 0 Å². The molecule has 4 unspecified atom stereocenters. The zero-order valence-electron chi connectivity index (χ0n) is 14.6. The van der Waals surface area contributed by atoms with Crippen LogP contribution in [0.15, 0.2) is 0 Å². The van der Waals surface area contributed by atoms with Crippen LogP contribution < -0.4 is 0 Å². The van der Waals surface area contributed by atoms with Crippen molar-refractivity contribution in [1.29, 1.82) is 0 Å². The maximum atomic E-state index is 10.8. The maximum absolute atomic E-state index is 10.8. The van der Waals surface area contributed by atoms with E-state index in [1.807, 2.05) is 0 Å². The van der Waals surface area contributed by atoms with Crippen molar-refractivity contribution in [3.63, 3.8) is 0 Å². The van der Waals surface area contributed by atoms with Crippen LogP contribution >= 0.6 is 0 Å². The molecule has 1 nitrogen and oxygen atoms in total. The summed E-state index contributed by atoms with van der Waals surface area (Å²) in [7, 11) is 0. The van der Waals surface area contributed by atoms with Crippen molar-refractivity contribution in [3.05, 3.63) is 0 Å². The third kappa shape index (κ3) is 3.95. The molecule has 4 atom stereocenters. The molecule has 3 rings (SSSR count). The Balaban J connectivity index is 1.46. The molecule has 0 N–H and O–H groups in total. The van der Waals surface area contributed by atoms with Crippen molar-refractivity contribution in [1.82, 2.24) is 0 Å². The van der Waals surface area contributed by atoms with Gasteiger partial charge in [0.2, 0.25) is 0 Å². The summed E-state index contributed by atoms with van der Waals surface area (Å²) >= 11 is 0. The molecule has 0 spiro atoms. The topological polar surface area (TPSA) is 17.1 Å². The SMILES string of the molecule is CCCC1CCC(C2CCC3CC(CC=O)CCC3C2)CC1. The predicted molar refractivity (Wildman–Crippen MR) is 92.7 cm³/mol. The lowest BCUT2D eigenvalue weighted by Crippen LogP contribution is -2.34. The molecule has 126 valence electrons. The average molecular weight is 305 g/mol. The first-order valence-electron chi connectivity index (χ1n) is 10.2. The van der Waals surface area contributed by atoms with E-state index in [4.69, 9.17) is 0 Å². The molecule has 0 radical (unpaired) electrons. The van der Waals surface area contributed by atoms with Crippen LogP contribution in [0, 0.1) is 35.5 Å². The Morgan fingerprint density at radius 3 is 1.95 bits per heavy atom. The number of rotatable bonds is 5. The Bertz CT molecular complexity index is 342. The van der Waals surface area contributed by atoms with Gasteiger partial charge in [-0.1, -0.05) is 32.6 Å². The number of fused-ring (bicyclic) bond motifs is 1. The summed E-state index contributed by atoms with van der Waals surface area (Å²) in [5.41, 5.74) is 0. The monoisotopic (exact) mass is 304 g/mol. The van der Waals surface area contributed by atoms with E-state index in [1.54, 1.807) is 0 Å². The number of hydrogen-bond acceptors (Lipinski definition) is 1. The summed E-state index contributed by atoms with van der Waals surface area (Å²) in [6.45, 7) is 2.34. The van der Waals surface area contributed by atoms with Crippen molar-refractivity contribution >= 4 is 6.29 Å². The largest absolute Gasteiger partial charge is 0.303 e. The van der Waals surface area contributed by atoms with Gasteiger partial charge in [0.05, 0.1) is 0 Å². The van der Waals surface area contributed by atoms with Crippen molar-refractivity contribution < 1.29 is 4.79 Å². The first-order chi connectivity index (χ1) is 10.8. The van der Waals surface area contributed by atoms with Crippen LogP contribution in [0.25, 0.3) is 0 Å². The van der Waals surface area contributed by atoms with E-state index in [9.17, 15) is 4.79 Å². The second-order valence-electron chi connectivity index (χ2n) is 8.74. The van der Waals surface area contributed by atoms with Crippen LogP contribution in [0.4, 0.5) is 0 Å². The summed E-state index contributed by atoms with van der Waals surface area (Å²) in [6, 6.07) is 0. The van der Waals surface area contributed by atoms with E-state index in [-0.39, 0.29) is 0 Å². The van der Waals surface area contributed by atoms with E-state index < -0.39 is 0 Å². The highest BCUT2D eigenvalue weighted by molar-refractivity contribution is 5.49. The highest BCUT2D eigenvalue weighted by atomic mass is 16.1. The van der Waals surface area contributed by atoms with Crippen molar-refractivity contribution in [2.75, 3.05) is 0 Å². The zero-order chi connectivity index (χ0) is 15.4. The van der Waals surface area contributed by atoms with E-state index in [2.05, 4.69) is 6.92 Å². The molecule has 0 aromatic carbocycles. The van der Waals surface area contributed by atoms with E-state index in [1.165, 1.54) is 77.0 Å². The van der Waals surface area contributed by atoms with Gasteiger partial charge in [-0.25, -0.2) is 0 Å². The molecule has 0 aromatic heterocycles. The molecule has 3 saturated carbocycles. The number of carbonyl (C=O) groups excluding carboxylic acids is 1. The van der Waals surface area contributed by atoms with E-state index >= 15 is 0 Å². The fourth-order valence-electron chi connectivity index (χ4n) is 6.16. The molecule has 0 aliphatic heterocycles. The first kappa shape index (κ1) is 16.5. The molecular formula is C21H36O. The highest BCUT2D eigenvalue weighted by Gasteiger charge is 2.38. The number of carbonyl (C=O) groups is 1. The zero-order valence-corrected chi connectivity index (χ0v) is 14.6. The second-order valence-corrected chi connectivity index (χ2v) is 8.74. The molecule has 3 aliphatic carbocycles. The molecular weight excluding hydrogens is 268 g/mol. The Labute approximate surface area is 137 Å². The van der Waals surface area contributed by atoms with Gasteiger partial charge in [0.1, 0.15) is 6.29 Å². The standard InChI is InChI=1S/C21H36O/c1-2-3-16-4-7-18(8-5-16)20-11-10-19-14-17(12-13-22)6-9-21(19)15-20/h13,16-21H,2-12,14-15H2,1H3. The Morgan fingerprint density at radius 2 is 1.27 bits per heavy atom. The third-order valence-electron chi connectivity index (χ3n) is 7.45. The van der Waals surface area contributed by atoms with Crippen LogP contribution in [0.3, 0.4) is 0 Å². The van der Waals surface area contributed by atoms with Gasteiger partial charge in [-0.15, -0.1) is 0 Å². The molecule has 0 amide bonds. The fourth-order valence-corrected chi connectivity index (χ4v) is 6.16. The van der Waals surface area contributed by atoms with E-state index in [0.717, 1.165) is 48.2 Å². The van der Waals surface area contributed by atoms with E-state index in [0.29, 0.717) is 0 Å². The Hall–Kier alpha value is -0.330. The molecule has 0 aromatic rings. The molecule has 0 saturated heterocycles. The maximum Gasteiger partial charge on any atom is 0.120 e. The fraction of sp³-hybridized carbons (Fsp3) is 0.952. The van der Waals surface area contributed by atoms with Gasteiger partial charge in [0.25, 0.3) is 0 Å². The number of hydrogen-bond donors (Lipinski definition) is 0. The summed E-state index contributed by atoms with van der Waals surface area (Å²) in [6.07, 6.45) is 19.5. The average Bonchev–Trinajstić information content (AvgIpc) is 2.56. The van der Waals surface area contributed by atoms with Crippen molar-refractivity contribution in [2.45, 2.75) is 90.4 Å². The molecule has 1 heteroatoms. The Kier molecular flexibility index (Phi) is 5.99. The summed E-state index contributed by atoms with van der Waals surface area (Å²) in [5, 5.41) is 0. The molecule has 3 fully saturated rings. The highest BCUT2D eigenvalue weighted by Crippen LogP contribution is 2.49. The van der Waals surface area contributed by atoms with Crippen molar-refractivity contribution in [2.24, 2.45) is 35.5 Å². The van der Waals surface area contributed by atoms with Gasteiger partial charge >= 0.3 is 0 Å². The second kappa shape index (κ2) is 7.97. The lowest BCUT2D eigenvalue weighted by Gasteiger charge is -2.45. The van der Waals surface area contributed by atoms with Gasteiger partial charge in [-0.2, -0.15) is 0 Å². The summed E-state index contributed by atoms with van der Waals surface area (Å²) in [5.74, 6) is 5.85. The molecule has 22 heavy (non-hydrogen) atoms. The van der Waals surface area contributed by atoms with Gasteiger partial charge in [0.15, 0.2) is 0 Å². The first-order valence-corrected chi connectivity index (χ1v) is 10.2. The predicted octanol–water partition coefficient (Wildman–Crippen LogP) is 6.01. The normalized spacial score (nSPS) is 42.6. The van der Waals surface area contributed by atoms with Crippen LogP contribution in [-0.4, -0.2) is 6.29 Å². The van der Waals surface area contributed by atoms with Crippen LogP contribution in [0.5, 0.6) is 0 Å². The smallest absolute Gasteiger partial charge is 0.120 e. The summed E-state index contributed by atoms with van der Waals surface area (Å²) in [4.78, 5) is 10.8.